The zero-order valence-electron chi connectivity index (χ0n) is 17.0. The number of hydrogen-bond donors (Lipinski definition) is 0. The van der Waals surface area contributed by atoms with Gasteiger partial charge in [0.1, 0.15) is 23.3 Å². The van der Waals surface area contributed by atoms with Crippen molar-refractivity contribution in [1.29, 1.82) is 0 Å². The first kappa shape index (κ1) is 20.5. The van der Waals surface area contributed by atoms with Crippen LogP contribution in [0.25, 0.3) is 11.0 Å². The molecule has 3 rings (SSSR count). The summed E-state index contributed by atoms with van der Waals surface area (Å²) in [6, 6.07) is 10.5. The number of aryl methyl sites for hydroxylation is 2. The molecule has 0 unspecified atom stereocenters. The fraction of sp³-hybridized carbons (Fsp3) is 0.304. The number of fused-ring (bicyclic) bond motifs is 1. The molecule has 3 aromatic rings. The predicted octanol–water partition coefficient (Wildman–Crippen LogP) is 4.92. The second kappa shape index (κ2) is 8.82. The maximum absolute atomic E-state index is 12.8. The molecular formula is C23H24O6. The van der Waals surface area contributed by atoms with E-state index in [1.54, 1.807) is 25.1 Å². The Balaban J connectivity index is 1.82. The lowest BCUT2D eigenvalue weighted by Gasteiger charge is -2.14. The van der Waals surface area contributed by atoms with Gasteiger partial charge in [0.05, 0.1) is 12.0 Å². The van der Waals surface area contributed by atoms with Crippen molar-refractivity contribution >= 4 is 16.9 Å². The Morgan fingerprint density at radius 2 is 1.79 bits per heavy atom. The molecule has 0 saturated carbocycles. The summed E-state index contributed by atoms with van der Waals surface area (Å²) in [5, 5.41) is 0.362. The van der Waals surface area contributed by atoms with E-state index in [-0.39, 0.29) is 11.2 Å². The van der Waals surface area contributed by atoms with Crippen molar-refractivity contribution in [3.05, 3.63) is 64.0 Å². The van der Waals surface area contributed by atoms with Crippen LogP contribution in [0.1, 0.15) is 31.4 Å². The monoisotopic (exact) mass is 396 g/mol. The van der Waals surface area contributed by atoms with Gasteiger partial charge in [0.25, 0.3) is 0 Å². The Bertz CT molecular complexity index is 1060. The van der Waals surface area contributed by atoms with E-state index in [1.807, 2.05) is 39.0 Å². The fourth-order valence-corrected chi connectivity index (χ4v) is 2.93. The molecule has 0 N–H and O–H groups in total. The predicted molar refractivity (Wildman–Crippen MR) is 110 cm³/mol. The van der Waals surface area contributed by atoms with Crippen LogP contribution in [-0.4, -0.2) is 18.7 Å². The van der Waals surface area contributed by atoms with E-state index in [4.69, 9.17) is 18.6 Å². The largest absolute Gasteiger partial charge is 0.479 e. The van der Waals surface area contributed by atoms with E-state index < -0.39 is 12.1 Å². The maximum Gasteiger partial charge on any atom is 0.347 e. The average Bonchev–Trinajstić information content (AvgIpc) is 2.67. The smallest absolute Gasteiger partial charge is 0.347 e. The van der Waals surface area contributed by atoms with Gasteiger partial charge in [0.2, 0.25) is 11.2 Å². The van der Waals surface area contributed by atoms with Crippen LogP contribution in [0.4, 0.5) is 0 Å². The van der Waals surface area contributed by atoms with Crippen molar-refractivity contribution in [2.75, 3.05) is 6.61 Å². The summed E-state index contributed by atoms with van der Waals surface area (Å²) in [7, 11) is 0. The summed E-state index contributed by atoms with van der Waals surface area (Å²) in [5.41, 5.74) is 2.14. The summed E-state index contributed by atoms with van der Waals surface area (Å²) in [6.45, 7) is 7.80. The number of hydrogen-bond acceptors (Lipinski definition) is 6. The summed E-state index contributed by atoms with van der Waals surface area (Å²) in [6.07, 6.45) is 1.26. The van der Waals surface area contributed by atoms with Crippen LogP contribution < -0.4 is 14.9 Å². The third-order valence-electron chi connectivity index (χ3n) is 4.23. The quantitative estimate of drug-likeness (QED) is 0.528. The van der Waals surface area contributed by atoms with E-state index in [0.29, 0.717) is 29.1 Å². The van der Waals surface area contributed by atoms with E-state index >= 15 is 0 Å². The van der Waals surface area contributed by atoms with E-state index in [9.17, 15) is 9.59 Å². The Hall–Kier alpha value is -3.28. The van der Waals surface area contributed by atoms with Gasteiger partial charge in [-0.2, -0.15) is 0 Å². The third kappa shape index (κ3) is 4.96. The van der Waals surface area contributed by atoms with Crippen molar-refractivity contribution < 1.29 is 23.4 Å². The Labute approximate surface area is 169 Å². The minimum atomic E-state index is -0.766. The van der Waals surface area contributed by atoms with Gasteiger partial charge in [-0.25, -0.2) is 4.79 Å². The molecule has 0 amide bonds. The van der Waals surface area contributed by atoms with Gasteiger partial charge >= 0.3 is 5.97 Å². The Morgan fingerprint density at radius 3 is 2.48 bits per heavy atom. The summed E-state index contributed by atoms with van der Waals surface area (Å²) in [4.78, 5) is 24.6. The van der Waals surface area contributed by atoms with Gasteiger partial charge in [0, 0.05) is 6.07 Å². The highest BCUT2D eigenvalue weighted by molar-refractivity contribution is 5.79. The molecule has 0 aliphatic heterocycles. The number of esters is 1. The first-order valence-corrected chi connectivity index (χ1v) is 9.52. The molecular weight excluding hydrogens is 372 g/mol. The zero-order valence-corrected chi connectivity index (χ0v) is 17.0. The topological polar surface area (TPSA) is 75.0 Å². The molecule has 0 bridgehead atoms. The second-order valence-electron chi connectivity index (χ2n) is 6.94. The molecule has 0 aliphatic carbocycles. The molecule has 152 valence electrons. The van der Waals surface area contributed by atoms with Gasteiger partial charge < -0.3 is 18.6 Å². The molecule has 0 spiro atoms. The summed E-state index contributed by atoms with van der Waals surface area (Å²) >= 11 is 0. The van der Waals surface area contributed by atoms with Gasteiger partial charge in [-0.05, 0) is 62.6 Å². The standard InChI is InChI=1S/C23H24O6/c1-5-8-26-23(25)16(4)28-17-6-7-19-20(12-17)27-13-21(22(19)24)29-18-10-14(2)9-15(3)11-18/h6-7,9-13,16H,5,8H2,1-4H3/t16-/m1/s1. The lowest BCUT2D eigenvalue weighted by atomic mass is 10.1. The average molecular weight is 396 g/mol. The summed E-state index contributed by atoms with van der Waals surface area (Å²) < 4.78 is 22.0. The molecule has 1 aromatic heterocycles. The molecule has 6 nitrogen and oxygen atoms in total. The van der Waals surface area contributed by atoms with Crippen LogP contribution in [0.3, 0.4) is 0 Å². The molecule has 0 radical (unpaired) electrons. The van der Waals surface area contributed by atoms with E-state index in [0.717, 1.165) is 17.5 Å². The molecule has 1 atom stereocenters. The van der Waals surface area contributed by atoms with Crippen molar-refractivity contribution in [3.8, 4) is 17.2 Å². The van der Waals surface area contributed by atoms with Gasteiger partial charge in [-0.1, -0.05) is 13.0 Å². The number of rotatable bonds is 7. The highest BCUT2D eigenvalue weighted by Crippen LogP contribution is 2.25. The van der Waals surface area contributed by atoms with Crippen LogP contribution in [0.15, 0.2) is 51.9 Å². The summed E-state index contributed by atoms with van der Waals surface area (Å²) in [5.74, 6) is 0.649. The van der Waals surface area contributed by atoms with Crippen LogP contribution in [0.2, 0.25) is 0 Å². The van der Waals surface area contributed by atoms with Gasteiger partial charge in [0.15, 0.2) is 6.10 Å². The third-order valence-corrected chi connectivity index (χ3v) is 4.23. The minimum absolute atomic E-state index is 0.104. The molecule has 0 fully saturated rings. The molecule has 1 heterocycles. The maximum atomic E-state index is 12.8. The van der Waals surface area contributed by atoms with Crippen molar-refractivity contribution in [2.24, 2.45) is 0 Å². The van der Waals surface area contributed by atoms with E-state index in [2.05, 4.69) is 0 Å². The first-order chi connectivity index (χ1) is 13.9. The van der Waals surface area contributed by atoms with Crippen molar-refractivity contribution in [1.82, 2.24) is 0 Å². The lowest BCUT2D eigenvalue weighted by Crippen LogP contribution is -2.26. The van der Waals surface area contributed by atoms with Crippen molar-refractivity contribution in [2.45, 2.75) is 40.2 Å². The number of carbonyl (C=O) groups is 1. The normalized spacial score (nSPS) is 11.9. The van der Waals surface area contributed by atoms with Crippen LogP contribution in [-0.2, 0) is 9.53 Å². The molecule has 0 saturated heterocycles. The number of ether oxygens (including phenoxy) is 3. The highest BCUT2D eigenvalue weighted by Gasteiger charge is 2.17. The van der Waals surface area contributed by atoms with Crippen LogP contribution in [0.5, 0.6) is 17.2 Å². The molecule has 2 aromatic carbocycles. The molecule has 0 aliphatic rings. The second-order valence-corrected chi connectivity index (χ2v) is 6.94. The molecule has 6 heteroatoms. The SMILES string of the molecule is CCCOC(=O)[C@@H](C)Oc1ccc2c(=O)c(Oc3cc(C)cc(C)c3)coc2c1. The van der Waals surface area contributed by atoms with Gasteiger partial charge in [-0.3, -0.25) is 4.79 Å². The Kier molecular flexibility index (Phi) is 6.22. The number of carbonyl (C=O) groups excluding carboxylic acids is 1. The van der Waals surface area contributed by atoms with Crippen molar-refractivity contribution in [3.63, 3.8) is 0 Å². The van der Waals surface area contributed by atoms with Crippen LogP contribution in [0, 0.1) is 13.8 Å². The highest BCUT2D eigenvalue weighted by atomic mass is 16.6. The number of benzene rings is 2. The fourth-order valence-electron chi connectivity index (χ4n) is 2.93. The Morgan fingerprint density at radius 1 is 1.07 bits per heavy atom. The zero-order chi connectivity index (χ0) is 21.0. The molecule has 29 heavy (non-hydrogen) atoms. The minimum Gasteiger partial charge on any atom is -0.479 e. The van der Waals surface area contributed by atoms with Gasteiger partial charge in [-0.15, -0.1) is 0 Å². The van der Waals surface area contributed by atoms with Crippen LogP contribution >= 0.6 is 0 Å². The first-order valence-electron chi connectivity index (χ1n) is 9.52. The van der Waals surface area contributed by atoms with E-state index in [1.165, 1.54) is 6.26 Å². The lowest BCUT2D eigenvalue weighted by molar-refractivity contribution is -0.151.